The summed E-state index contributed by atoms with van der Waals surface area (Å²) in [5.41, 5.74) is 2.09. The van der Waals surface area contributed by atoms with Gasteiger partial charge in [0, 0.05) is 44.8 Å². The molecule has 0 spiro atoms. The number of carbonyl (C=O) groups excluding carboxylic acids is 1. The number of aryl methyl sites for hydroxylation is 1. The van der Waals surface area contributed by atoms with E-state index >= 15 is 0 Å². The first-order chi connectivity index (χ1) is 20.2. The van der Waals surface area contributed by atoms with Crippen LogP contribution in [0, 0.1) is 17.1 Å². The third-order valence-corrected chi connectivity index (χ3v) is 9.91. The van der Waals surface area contributed by atoms with Crippen LogP contribution in [0.5, 0.6) is 0 Å². The van der Waals surface area contributed by atoms with Crippen molar-refractivity contribution in [3.8, 4) is 17.3 Å². The molecule has 6 rings (SSSR count). The Bertz CT molecular complexity index is 1640. The number of amides is 1. The van der Waals surface area contributed by atoms with Gasteiger partial charge in [-0.25, -0.2) is 14.4 Å². The molecule has 1 aromatic carbocycles. The molecule has 0 bridgehead atoms. The minimum Gasteiger partial charge on any atom is -0.389 e. The van der Waals surface area contributed by atoms with E-state index in [9.17, 15) is 19.6 Å². The lowest BCUT2D eigenvalue weighted by molar-refractivity contribution is -0.142. The van der Waals surface area contributed by atoms with Crippen LogP contribution in [0.1, 0.15) is 30.3 Å². The minimum atomic E-state index is -0.397. The summed E-state index contributed by atoms with van der Waals surface area (Å²) in [6.45, 7) is 4.85. The van der Waals surface area contributed by atoms with E-state index in [1.165, 1.54) is 34.8 Å². The minimum absolute atomic E-state index is 0.0525. The fourth-order valence-electron chi connectivity index (χ4n) is 5.48. The smallest absolute Gasteiger partial charge is 0.236 e. The molecule has 2 fully saturated rings. The Hall–Kier alpha value is -3.64. The quantitative estimate of drug-likeness (QED) is 0.321. The number of imidazole rings is 1. The molecule has 14 heteroatoms. The van der Waals surface area contributed by atoms with Crippen molar-refractivity contribution in [3.63, 3.8) is 0 Å². The second-order valence-electron chi connectivity index (χ2n) is 10.8. The van der Waals surface area contributed by atoms with Gasteiger partial charge in [0.2, 0.25) is 16.0 Å². The van der Waals surface area contributed by atoms with Crippen molar-refractivity contribution in [3.05, 3.63) is 40.7 Å². The fraction of sp³-hybridized carbons (Fsp3) is 0.464. The van der Waals surface area contributed by atoms with Gasteiger partial charge in [0.05, 0.1) is 18.3 Å². The number of anilines is 3. The number of likely N-dealkylation sites (tertiary alicyclic amines) is 1. The van der Waals surface area contributed by atoms with Gasteiger partial charge in [0.25, 0.3) is 0 Å². The Morgan fingerprint density at radius 3 is 2.64 bits per heavy atom. The molecule has 0 radical (unpaired) electrons. The van der Waals surface area contributed by atoms with Crippen molar-refractivity contribution in [2.45, 2.75) is 38.3 Å². The Balaban J connectivity index is 1.23. The molecule has 1 amide bonds. The maximum absolute atomic E-state index is 13.5. The number of aromatic nitrogens is 4. The van der Waals surface area contributed by atoms with Crippen LogP contribution in [0.3, 0.4) is 0 Å². The van der Waals surface area contributed by atoms with E-state index in [0.29, 0.717) is 47.3 Å². The van der Waals surface area contributed by atoms with Crippen LogP contribution in [-0.4, -0.2) is 99.4 Å². The molecule has 4 aromatic rings. The fourth-order valence-corrected chi connectivity index (χ4v) is 7.28. The molecule has 42 heavy (non-hydrogen) atoms. The number of rotatable bonds is 8. The van der Waals surface area contributed by atoms with Gasteiger partial charge in [-0.1, -0.05) is 29.6 Å². The monoisotopic (exact) mass is 609 g/mol. The van der Waals surface area contributed by atoms with Crippen molar-refractivity contribution >= 4 is 49.6 Å². The van der Waals surface area contributed by atoms with E-state index < -0.39 is 6.10 Å². The Morgan fingerprint density at radius 2 is 1.95 bits per heavy atom. The zero-order chi connectivity index (χ0) is 29.5. The highest BCUT2D eigenvalue weighted by molar-refractivity contribution is 7.20. The zero-order valence-electron chi connectivity index (χ0n) is 23.7. The third kappa shape index (κ3) is 5.33. The van der Waals surface area contributed by atoms with Crippen molar-refractivity contribution in [1.82, 2.24) is 29.4 Å². The van der Waals surface area contributed by atoms with E-state index in [1.54, 1.807) is 17.0 Å². The number of benzene rings is 1. The standard InChI is InChI=1S/C28H32FN9O2S2/c1-4-21-25(35(3)26-32-24(22(12-30)41-26)17-7-9-18(29)10-8-17)38-27(31-21)42-28(33-38)36-11-5-6-19(13-36)34(2)16-23(40)37-14-20(39)15-37/h7-10,19-20,39H,4-6,11,13-16H2,1-3H3/t19-/m0/s1. The van der Waals surface area contributed by atoms with Gasteiger partial charge in [-0.3, -0.25) is 9.69 Å². The Morgan fingerprint density at radius 1 is 1.19 bits per heavy atom. The molecule has 5 heterocycles. The van der Waals surface area contributed by atoms with Crippen LogP contribution >= 0.6 is 22.7 Å². The number of piperidine rings is 1. The van der Waals surface area contributed by atoms with Gasteiger partial charge in [0.1, 0.15) is 22.5 Å². The van der Waals surface area contributed by atoms with Crippen LogP contribution in [0.2, 0.25) is 0 Å². The summed E-state index contributed by atoms with van der Waals surface area (Å²) in [5.74, 6) is 0.509. The third-order valence-electron chi connectivity index (χ3n) is 7.90. The maximum Gasteiger partial charge on any atom is 0.236 e. The molecule has 3 aromatic heterocycles. The Labute approximate surface area is 251 Å². The van der Waals surface area contributed by atoms with Crippen LogP contribution in [0.15, 0.2) is 24.3 Å². The second-order valence-corrected chi connectivity index (χ2v) is 12.7. The molecule has 0 saturated carbocycles. The summed E-state index contributed by atoms with van der Waals surface area (Å²) in [7, 11) is 3.89. The molecule has 2 saturated heterocycles. The van der Waals surface area contributed by atoms with Crippen molar-refractivity contribution < 1.29 is 14.3 Å². The number of carbonyl (C=O) groups is 1. The van der Waals surface area contributed by atoms with Gasteiger partial charge in [-0.05, 0) is 50.6 Å². The summed E-state index contributed by atoms with van der Waals surface area (Å²) < 4.78 is 15.4. The van der Waals surface area contributed by atoms with E-state index in [4.69, 9.17) is 15.1 Å². The summed E-state index contributed by atoms with van der Waals surface area (Å²) in [4.78, 5) is 31.5. The largest absolute Gasteiger partial charge is 0.389 e. The number of aliphatic hydroxyl groups is 1. The van der Waals surface area contributed by atoms with Crippen LogP contribution in [0.25, 0.3) is 16.2 Å². The average Bonchev–Trinajstić information content (AvgIpc) is 3.68. The second kappa shape index (κ2) is 11.6. The summed E-state index contributed by atoms with van der Waals surface area (Å²) in [6.07, 6.45) is 2.29. The molecule has 11 nitrogen and oxygen atoms in total. The van der Waals surface area contributed by atoms with E-state index in [0.717, 1.165) is 47.5 Å². The molecular formula is C28H32FN9O2S2. The molecular weight excluding hydrogens is 578 g/mol. The van der Waals surface area contributed by atoms with E-state index in [2.05, 4.69) is 15.9 Å². The van der Waals surface area contributed by atoms with Crippen molar-refractivity contribution in [1.29, 1.82) is 5.26 Å². The number of nitriles is 1. The van der Waals surface area contributed by atoms with Gasteiger partial charge in [0.15, 0.2) is 10.9 Å². The average molecular weight is 610 g/mol. The van der Waals surface area contributed by atoms with Gasteiger partial charge in [-0.15, -0.1) is 5.10 Å². The zero-order valence-corrected chi connectivity index (χ0v) is 25.3. The highest BCUT2D eigenvalue weighted by atomic mass is 32.1. The normalized spacial score (nSPS) is 17.6. The number of hydrogen-bond donors (Lipinski definition) is 1. The number of halogens is 1. The summed E-state index contributed by atoms with van der Waals surface area (Å²) in [6, 6.07) is 8.44. The van der Waals surface area contributed by atoms with Crippen LogP contribution < -0.4 is 9.80 Å². The summed E-state index contributed by atoms with van der Waals surface area (Å²) in [5, 5.41) is 25.8. The van der Waals surface area contributed by atoms with E-state index in [-0.39, 0.29) is 17.8 Å². The topological polar surface area (TPSA) is 117 Å². The highest BCUT2D eigenvalue weighted by Gasteiger charge is 2.32. The molecule has 1 N–H and O–H groups in total. The SMILES string of the molecule is CCc1nc2sc(N3CCC[C@H](N(C)CC(=O)N4CC(O)C4)C3)nn2c1N(C)c1nc(-c2ccc(F)cc2)c(C#N)s1. The van der Waals surface area contributed by atoms with Gasteiger partial charge >= 0.3 is 0 Å². The van der Waals surface area contributed by atoms with Crippen molar-refractivity contribution in [2.24, 2.45) is 0 Å². The highest BCUT2D eigenvalue weighted by Crippen LogP contribution is 2.38. The predicted octanol–water partition coefficient (Wildman–Crippen LogP) is 3.36. The molecule has 0 unspecified atom stereocenters. The molecule has 2 aliphatic rings. The molecule has 1 atom stereocenters. The lowest BCUT2D eigenvalue weighted by Gasteiger charge is -2.40. The summed E-state index contributed by atoms with van der Waals surface area (Å²) >= 11 is 2.81. The van der Waals surface area contributed by atoms with Crippen molar-refractivity contribution in [2.75, 3.05) is 56.6 Å². The molecule has 0 aliphatic carbocycles. The maximum atomic E-state index is 13.5. The predicted molar refractivity (Wildman–Crippen MR) is 161 cm³/mol. The first kappa shape index (κ1) is 28.5. The first-order valence-corrected chi connectivity index (χ1v) is 15.6. The van der Waals surface area contributed by atoms with Gasteiger partial charge < -0.3 is 19.8 Å². The van der Waals surface area contributed by atoms with E-state index in [1.807, 2.05) is 30.4 Å². The Kier molecular flexibility index (Phi) is 7.84. The molecule has 2 aliphatic heterocycles. The number of hydrogen-bond acceptors (Lipinski definition) is 11. The number of likely N-dealkylation sites (N-methyl/N-ethyl adjacent to an activating group) is 1. The lowest BCUT2D eigenvalue weighted by atomic mass is 10.0. The van der Waals surface area contributed by atoms with Crippen LogP contribution in [-0.2, 0) is 11.2 Å². The number of β-amino-alcohol motifs (C(OH)–C–C–N with tert-alkyl or cyclic N) is 1. The number of aliphatic hydroxyl groups excluding tert-OH is 1. The number of thiazole rings is 1. The lowest BCUT2D eigenvalue weighted by Crippen LogP contribution is -2.57. The van der Waals surface area contributed by atoms with Crippen LogP contribution in [0.4, 0.5) is 20.5 Å². The first-order valence-electron chi connectivity index (χ1n) is 14.0. The molecule has 220 valence electrons. The number of fused-ring (bicyclic) bond motifs is 1. The van der Waals surface area contributed by atoms with Gasteiger partial charge in [-0.2, -0.15) is 9.78 Å². The number of nitrogens with zero attached hydrogens (tertiary/aromatic N) is 9.